The van der Waals surface area contributed by atoms with Crippen molar-refractivity contribution in [2.75, 3.05) is 0 Å². The maximum Gasteiger partial charge on any atom is 0.365 e. The van der Waals surface area contributed by atoms with Crippen LogP contribution in [0.4, 0.5) is 8.78 Å². The number of hydrogen-bond acceptors (Lipinski definition) is 2. The van der Waals surface area contributed by atoms with Crippen molar-refractivity contribution in [3.05, 3.63) is 48.1 Å². The van der Waals surface area contributed by atoms with Crippen LogP contribution in [0.3, 0.4) is 0 Å². The quantitative estimate of drug-likeness (QED) is 0.664. The number of nitrogens with two attached hydrogens (primary N) is 1. The van der Waals surface area contributed by atoms with Gasteiger partial charge in [-0.3, -0.25) is 5.73 Å². The fourth-order valence-electron chi connectivity index (χ4n) is 1.84. The van der Waals surface area contributed by atoms with Crippen molar-refractivity contribution in [3.63, 3.8) is 0 Å². The van der Waals surface area contributed by atoms with E-state index >= 15 is 0 Å². The molecule has 2 nitrogen and oxygen atoms in total. The number of rotatable bonds is 4. The van der Waals surface area contributed by atoms with Gasteiger partial charge in [0, 0.05) is 12.3 Å². The van der Waals surface area contributed by atoms with Crippen LogP contribution in [0, 0.1) is 17.6 Å². The Morgan fingerprint density at radius 3 is 2.59 bits per heavy atom. The first-order valence-corrected chi connectivity index (χ1v) is 6.72. The monoisotopic (exact) mass is 256 g/mol. The van der Waals surface area contributed by atoms with Gasteiger partial charge in [-0.25, -0.2) is 8.78 Å². The Hall–Kier alpha value is -1.12. The second-order valence-corrected chi connectivity index (χ2v) is 6.18. The van der Waals surface area contributed by atoms with E-state index in [0.29, 0.717) is 6.42 Å². The van der Waals surface area contributed by atoms with E-state index < -0.39 is 24.7 Å². The van der Waals surface area contributed by atoms with Gasteiger partial charge in [0.05, 0.1) is 5.56 Å². The van der Waals surface area contributed by atoms with Crippen molar-refractivity contribution >= 4 is 7.80 Å². The van der Waals surface area contributed by atoms with Gasteiger partial charge in [0.25, 0.3) is 0 Å². The summed E-state index contributed by atoms with van der Waals surface area (Å²) in [7, 11) is -1.89. The number of halogens is 2. The zero-order valence-corrected chi connectivity index (χ0v) is 10.1. The predicted octanol–water partition coefficient (Wildman–Crippen LogP) is 3.15. The van der Waals surface area contributed by atoms with E-state index in [4.69, 9.17) is 5.73 Å². The fourth-order valence-corrected chi connectivity index (χ4v) is 3.60. The molecule has 0 aliphatic heterocycles. The molecule has 0 radical (unpaired) electrons. The van der Waals surface area contributed by atoms with Crippen LogP contribution in [-0.2, 0) is 10.7 Å². The smallest absolute Gasteiger partial charge is 0.284 e. The third kappa shape index (κ3) is 2.15. The average Bonchev–Trinajstić information content (AvgIpc) is 2.97. The highest BCUT2D eigenvalue weighted by Crippen LogP contribution is 2.59. The molecule has 90 valence electrons. The van der Waals surface area contributed by atoms with Gasteiger partial charge in [-0.05, 0) is 12.1 Å². The summed E-state index contributed by atoms with van der Waals surface area (Å²) in [5, 5.41) is -0.828. The summed E-state index contributed by atoms with van der Waals surface area (Å²) in [6.45, 7) is 3.59. The summed E-state index contributed by atoms with van der Waals surface area (Å²) in [6, 6.07) is 3.59. The van der Waals surface area contributed by atoms with E-state index in [0.717, 1.165) is 12.1 Å². The molecule has 0 heterocycles. The van der Waals surface area contributed by atoms with Crippen LogP contribution in [0.1, 0.15) is 12.0 Å². The van der Waals surface area contributed by atoms with Crippen LogP contribution in [0.15, 0.2) is 30.9 Å². The van der Waals surface area contributed by atoms with Gasteiger partial charge in [-0.1, -0.05) is 16.7 Å². The molecule has 1 fully saturated rings. The Morgan fingerprint density at radius 2 is 2.12 bits per heavy atom. The highest BCUT2D eigenvalue weighted by molar-refractivity contribution is 7.46. The molecule has 17 heavy (non-hydrogen) atoms. The van der Waals surface area contributed by atoms with Crippen LogP contribution >= 0.6 is 7.80 Å². The molecule has 0 spiro atoms. The molecule has 0 aromatic heterocycles. The molecule has 2 N–H and O–H groups in total. The lowest BCUT2D eigenvalue weighted by Crippen LogP contribution is -2.20. The zero-order valence-electron chi connectivity index (χ0n) is 9.20. The maximum absolute atomic E-state index is 13.4. The summed E-state index contributed by atoms with van der Waals surface area (Å²) < 4.78 is 38.8. The van der Waals surface area contributed by atoms with Crippen molar-refractivity contribution < 1.29 is 13.3 Å². The molecule has 1 aromatic carbocycles. The van der Waals surface area contributed by atoms with Gasteiger partial charge in [0.1, 0.15) is 11.6 Å². The maximum atomic E-state index is 13.4. The largest absolute Gasteiger partial charge is 0.365 e. The highest BCUT2D eigenvalue weighted by Gasteiger charge is 2.64. The van der Waals surface area contributed by atoms with Gasteiger partial charge in [-0.2, -0.15) is 0 Å². The van der Waals surface area contributed by atoms with Crippen LogP contribution in [-0.4, -0.2) is 5.28 Å². The topological polar surface area (TPSA) is 43.1 Å². The highest BCUT2D eigenvalue weighted by atomic mass is 31.1. The van der Waals surface area contributed by atoms with Crippen LogP contribution in [0.25, 0.3) is 0 Å². The molecule has 1 aliphatic carbocycles. The Labute approximate surface area is 99.3 Å². The zero-order chi connectivity index (χ0) is 12.6. The van der Waals surface area contributed by atoms with Crippen molar-refractivity contribution in [2.24, 2.45) is 11.7 Å². The van der Waals surface area contributed by atoms with E-state index in [1.807, 2.05) is 0 Å². The Bertz CT molecular complexity index is 471. The van der Waals surface area contributed by atoms with E-state index in [1.54, 1.807) is 6.08 Å². The summed E-state index contributed by atoms with van der Waals surface area (Å²) in [6.07, 6.45) is 2.06. The predicted molar refractivity (Wildman–Crippen MR) is 62.9 cm³/mol. The van der Waals surface area contributed by atoms with Crippen molar-refractivity contribution in [2.45, 2.75) is 17.9 Å². The average molecular weight is 256 g/mol. The lowest BCUT2D eigenvalue weighted by atomic mass is 10.2. The van der Waals surface area contributed by atoms with Crippen molar-refractivity contribution in [1.82, 2.24) is 0 Å². The molecule has 0 amide bonds. The van der Waals surface area contributed by atoms with E-state index in [1.165, 1.54) is 6.07 Å². The fraction of sp³-hybridized carbons (Fsp3) is 0.333. The summed E-state index contributed by atoms with van der Waals surface area (Å²) in [5.41, 5.74) is 5.75. The van der Waals surface area contributed by atoms with Crippen LogP contribution in [0.2, 0.25) is 0 Å². The molecule has 1 unspecified atom stereocenters. The van der Waals surface area contributed by atoms with Crippen LogP contribution in [0.5, 0.6) is 0 Å². The number of benzene rings is 1. The van der Waals surface area contributed by atoms with E-state index in [2.05, 4.69) is 6.58 Å². The van der Waals surface area contributed by atoms with Gasteiger partial charge in [0.15, 0.2) is 6.16 Å². The van der Waals surface area contributed by atoms with Gasteiger partial charge in [0.2, 0.25) is 5.28 Å². The standard InChI is InChI=1S/C12H13F2NOP/c1-2-8-6-12(8,15)17(16)7-9-10(13)4-3-5-11(9)14/h2-5,8H,1,6-7,15H2/q+1/t8-,12+/m1/s1. The summed E-state index contributed by atoms with van der Waals surface area (Å²) in [5.74, 6) is -1.36. The molecule has 1 aliphatic rings. The van der Waals surface area contributed by atoms with Gasteiger partial charge < -0.3 is 0 Å². The molecule has 5 heteroatoms. The summed E-state index contributed by atoms with van der Waals surface area (Å²) >= 11 is 0. The lowest BCUT2D eigenvalue weighted by molar-refractivity contribution is 0.552. The van der Waals surface area contributed by atoms with E-state index in [-0.39, 0.29) is 17.6 Å². The third-order valence-electron chi connectivity index (χ3n) is 3.14. The van der Waals surface area contributed by atoms with E-state index in [9.17, 15) is 13.3 Å². The lowest BCUT2D eigenvalue weighted by Gasteiger charge is -2.01. The molecule has 1 aromatic rings. The second-order valence-electron chi connectivity index (χ2n) is 4.27. The SMILES string of the molecule is C=C[C@@H]1C[C@]1(N)[P+](=O)Cc1c(F)cccc1F. The molecular weight excluding hydrogens is 243 g/mol. The van der Waals surface area contributed by atoms with Gasteiger partial charge >= 0.3 is 7.80 Å². The minimum absolute atomic E-state index is 0.0130. The minimum atomic E-state index is -1.89. The van der Waals surface area contributed by atoms with Gasteiger partial charge in [-0.15, -0.1) is 6.58 Å². The molecule has 2 rings (SSSR count). The third-order valence-corrected chi connectivity index (χ3v) is 5.19. The first kappa shape index (κ1) is 12.3. The minimum Gasteiger partial charge on any atom is -0.284 e. The molecular formula is C12H13F2NOP+. The Balaban J connectivity index is 2.17. The number of hydrogen-bond donors (Lipinski definition) is 1. The Morgan fingerprint density at radius 1 is 1.53 bits per heavy atom. The first-order valence-electron chi connectivity index (χ1n) is 5.28. The summed E-state index contributed by atoms with van der Waals surface area (Å²) in [4.78, 5) is 0. The van der Waals surface area contributed by atoms with Crippen LogP contribution < -0.4 is 5.73 Å². The molecule has 0 bridgehead atoms. The second kappa shape index (κ2) is 4.28. The molecule has 3 atom stereocenters. The molecule has 0 saturated heterocycles. The first-order chi connectivity index (χ1) is 7.99. The van der Waals surface area contributed by atoms with Crippen molar-refractivity contribution in [1.29, 1.82) is 0 Å². The normalized spacial score (nSPS) is 27.7. The van der Waals surface area contributed by atoms with Crippen molar-refractivity contribution in [3.8, 4) is 0 Å². The Kier molecular flexibility index (Phi) is 3.11. The molecule has 1 saturated carbocycles.